The summed E-state index contributed by atoms with van der Waals surface area (Å²) in [5.74, 6) is -1.24. The molecule has 0 spiro atoms. The van der Waals surface area contributed by atoms with E-state index in [1.165, 1.54) is 11.3 Å². The van der Waals surface area contributed by atoms with Crippen LogP contribution in [0.2, 0.25) is 0 Å². The highest BCUT2D eigenvalue weighted by molar-refractivity contribution is 9.11. The quantitative estimate of drug-likeness (QED) is 0.363. The van der Waals surface area contributed by atoms with Crippen LogP contribution < -0.4 is 5.32 Å². The molecule has 3 amide bonds. The van der Waals surface area contributed by atoms with Gasteiger partial charge < -0.3 is 24.6 Å². The number of rotatable bonds is 10. The van der Waals surface area contributed by atoms with Crippen molar-refractivity contribution in [3.8, 4) is 0 Å². The van der Waals surface area contributed by atoms with E-state index < -0.39 is 17.9 Å². The molecule has 0 saturated carbocycles. The summed E-state index contributed by atoms with van der Waals surface area (Å²) >= 11 is 4.47. The maximum absolute atomic E-state index is 13.1. The zero-order valence-corrected chi connectivity index (χ0v) is 20.7. The normalized spacial score (nSPS) is 14.6. The fourth-order valence-electron chi connectivity index (χ4n) is 3.07. The lowest BCUT2D eigenvalue weighted by Crippen LogP contribution is -2.56. The van der Waals surface area contributed by atoms with Crippen LogP contribution in [0.4, 0.5) is 4.79 Å². The molecular formula is C20H29BrN4O6S. The maximum atomic E-state index is 13.1. The Bertz CT molecular complexity index is 797. The molecule has 0 aliphatic carbocycles. The summed E-state index contributed by atoms with van der Waals surface area (Å²) in [6, 6.07) is -0.907. The Morgan fingerprint density at radius 2 is 1.84 bits per heavy atom. The van der Waals surface area contributed by atoms with Gasteiger partial charge in [0.1, 0.15) is 11.7 Å². The van der Waals surface area contributed by atoms with Gasteiger partial charge in [-0.3, -0.25) is 14.4 Å². The largest absolute Gasteiger partial charge is 0.466 e. The van der Waals surface area contributed by atoms with E-state index >= 15 is 0 Å². The number of nitrogens with zero attached hydrogens (tertiary/aromatic N) is 3. The van der Waals surface area contributed by atoms with Crippen molar-refractivity contribution >= 4 is 51.1 Å². The molecule has 0 aromatic carbocycles. The Morgan fingerprint density at radius 1 is 1.16 bits per heavy atom. The average molecular weight is 533 g/mol. The molecule has 1 aliphatic rings. The first-order valence-corrected chi connectivity index (χ1v) is 12.3. The average Bonchev–Trinajstić information content (AvgIpc) is 3.23. The van der Waals surface area contributed by atoms with Crippen molar-refractivity contribution in [2.24, 2.45) is 0 Å². The minimum Gasteiger partial charge on any atom is -0.466 e. The zero-order valence-electron chi connectivity index (χ0n) is 18.3. The lowest BCUT2D eigenvalue weighted by Gasteiger charge is -2.36. The molecule has 2 rings (SSSR count). The standard InChI is InChI=1S/C20H29BrN4O6S/c1-3-5-12-31-20(29)25-10-8-24(9-11-25)18(28)14(6-7-16(26)30-4-2)22-17(27)15-13-32-19(21)23-15/h13-14H,3-12H2,1-2H3,(H,22,27). The zero-order chi connectivity index (χ0) is 23.5. The van der Waals surface area contributed by atoms with Gasteiger partial charge in [0.2, 0.25) is 5.91 Å². The molecule has 12 heteroatoms. The van der Waals surface area contributed by atoms with Gasteiger partial charge in [0.25, 0.3) is 5.91 Å². The second kappa shape index (κ2) is 13.4. The Labute approximate surface area is 199 Å². The van der Waals surface area contributed by atoms with Gasteiger partial charge in [-0.15, -0.1) is 11.3 Å². The second-order valence-electron chi connectivity index (χ2n) is 7.14. The van der Waals surface area contributed by atoms with E-state index in [1.807, 2.05) is 6.92 Å². The first-order valence-electron chi connectivity index (χ1n) is 10.6. The van der Waals surface area contributed by atoms with Crippen molar-refractivity contribution < 1.29 is 28.7 Å². The minimum absolute atomic E-state index is 0.00495. The van der Waals surface area contributed by atoms with Crippen molar-refractivity contribution in [2.75, 3.05) is 39.4 Å². The highest BCUT2D eigenvalue weighted by atomic mass is 79.9. The third-order valence-corrected chi connectivity index (χ3v) is 6.19. The number of amides is 3. The van der Waals surface area contributed by atoms with Crippen LogP contribution in [-0.2, 0) is 19.1 Å². The highest BCUT2D eigenvalue weighted by Gasteiger charge is 2.31. The van der Waals surface area contributed by atoms with Crippen LogP contribution in [-0.4, -0.2) is 84.1 Å². The summed E-state index contributed by atoms with van der Waals surface area (Å²) < 4.78 is 10.7. The number of carbonyl (C=O) groups is 4. The second-order valence-corrected chi connectivity index (χ2v) is 9.27. The smallest absolute Gasteiger partial charge is 0.409 e. The molecule has 1 aromatic rings. The minimum atomic E-state index is -0.907. The first kappa shape index (κ1) is 26.0. The highest BCUT2D eigenvalue weighted by Crippen LogP contribution is 2.16. The van der Waals surface area contributed by atoms with Crippen LogP contribution in [0.25, 0.3) is 0 Å². The predicted molar refractivity (Wildman–Crippen MR) is 121 cm³/mol. The topological polar surface area (TPSA) is 118 Å². The molecular weight excluding hydrogens is 504 g/mol. The van der Waals surface area contributed by atoms with Crippen molar-refractivity contribution in [3.63, 3.8) is 0 Å². The monoisotopic (exact) mass is 532 g/mol. The molecule has 178 valence electrons. The number of ether oxygens (including phenoxy) is 2. The Balaban J connectivity index is 1.96. The number of aromatic nitrogens is 1. The van der Waals surface area contributed by atoms with Gasteiger partial charge in [0.15, 0.2) is 3.92 Å². The summed E-state index contributed by atoms with van der Waals surface area (Å²) in [7, 11) is 0. The molecule has 1 aliphatic heterocycles. The summed E-state index contributed by atoms with van der Waals surface area (Å²) in [5.41, 5.74) is 0.190. The number of esters is 1. The van der Waals surface area contributed by atoms with E-state index in [0.717, 1.165) is 12.8 Å². The molecule has 1 aromatic heterocycles. The molecule has 0 radical (unpaired) electrons. The number of hydrogen-bond acceptors (Lipinski definition) is 8. The van der Waals surface area contributed by atoms with Gasteiger partial charge in [-0.05, 0) is 35.7 Å². The van der Waals surface area contributed by atoms with E-state index in [0.29, 0.717) is 36.7 Å². The Hall–Kier alpha value is -2.21. The Morgan fingerprint density at radius 3 is 2.44 bits per heavy atom. The van der Waals surface area contributed by atoms with E-state index in [1.54, 1.807) is 22.1 Å². The number of nitrogens with one attached hydrogen (secondary N) is 1. The molecule has 0 bridgehead atoms. The van der Waals surface area contributed by atoms with Gasteiger partial charge in [0.05, 0.1) is 13.2 Å². The van der Waals surface area contributed by atoms with Crippen molar-refractivity contribution in [1.29, 1.82) is 0 Å². The van der Waals surface area contributed by atoms with Gasteiger partial charge in [-0.25, -0.2) is 9.78 Å². The van der Waals surface area contributed by atoms with Crippen LogP contribution in [0.1, 0.15) is 50.0 Å². The Kier molecular flexibility index (Phi) is 10.9. The molecule has 1 saturated heterocycles. The fraction of sp³-hybridized carbons (Fsp3) is 0.650. The fourth-order valence-corrected chi connectivity index (χ4v) is 4.06. The molecule has 1 N–H and O–H groups in total. The molecule has 1 atom stereocenters. The first-order chi connectivity index (χ1) is 15.3. The SMILES string of the molecule is CCCCOC(=O)N1CCN(C(=O)C(CCC(=O)OCC)NC(=O)c2csc(Br)n2)CC1. The van der Waals surface area contributed by atoms with Gasteiger partial charge in [-0.1, -0.05) is 13.3 Å². The maximum Gasteiger partial charge on any atom is 0.409 e. The molecule has 2 heterocycles. The molecule has 1 fully saturated rings. The van der Waals surface area contributed by atoms with Gasteiger partial charge >= 0.3 is 12.1 Å². The van der Waals surface area contributed by atoms with Crippen molar-refractivity contribution in [2.45, 2.75) is 45.6 Å². The number of carbonyl (C=O) groups excluding carboxylic acids is 4. The van der Waals surface area contributed by atoms with E-state index in [2.05, 4.69) is 26.2 Å². The van der Waals surface area contributed by atoms with Crippen LogP contribution >= 0.6 is 27.3 Å². The molecule has 32 heavy (non-hydrogen) atoms. The lowest BCUT2D eigenvalue weighted by molar-refractivity contribution is -0.143. The number of unbranched alkanes of at least 4 members (excludes halogenated alkanes) is 1. The summed E-state index contributed by atoms with van der Waals surface area (Å²) in [4.78, 5) is 56.8. The number of thiazole rings is 1. The molecule has 1 unspecified atom stereocenters. The number of halogens is 1. The van der Waals surface area contributed by atoms with Gasteiger partial charge in [0, 0.05) is 38.0 Å². The van der Waals surface area contributed by atoms with Gasteiger partial charge in [-0.2, -0.15) is 0 Å². The van der Waals surface area contributed by atoms with Crippen molar-refractivity contribution in [1.82, 2.24) is 20.1 Å². The number of hydrogen-bond donors (Lipinski definition) is 1. The van der Waals surface area contributed by atoms with Crippen LogP contribution in [0, 0.1) is 0 Å². The van der Waals surface area contributed by atoms with Crippen LogP contribution in [0.15, 0.2) is 9.30 Å². The summed E-state index contributed by atoms with van der Waals surface area (Å²) in [6.45, 7) is 5.65. The lowest BCUT2D eigenvalue weighted by atomic mass is 10.1. The van der Waals surface area contributed by atoms with E-state index in [9.17, 15) is 19.2 Å². The third kappa shape index (κ3) is 8.05. The predicted octanol–water partition coefficient (Wildman–Crippen LogP) is 2.43. The van der Waals surface area contributed by atoms with Crippen LogP contribution in [0.5, 0.6) is 0 Å². The van der Waals surface area contributed by atoms with E-state index in [-0.39, 0.29) is 37.1 Å². The third-order valence-electron chi connectivity index (χ3n) is 4.83. The summed E-state index contributed by atoms with van der Waals surface area (Å²) in [6.07, 6.45) is 1.46. The van der Waals surface area contributed by atoms with E-state index in [4.69, 9.17) is 9.47 Å². The summed E-state index contributed by atoms with van der Waals surface area (Å²) in [5, 5.41) is 4.27. The van der Waals surface area contributed by atoms with Crippen LogP contribution in [0.3, 0.4) is 0 Å². The molecule has 10 nitrogen and oxygen atoms in total. The number of piperazine rings is 1. The van der Waals surface area contributed by atoms with Crippen molar-refractivity contribution in [3.05, 3.63) is 15.0 Å².